The SMILES string of the molecule is O=C(NC1(CBr)CCOCC1)c1ccncc1Cl. The first-order valence-corrected chi connectivity index (χ1v) is 7.22. The minimum atomic E-state index is -0.248. The van der Waals surface area contributed by atoms with Crippen LogP contribution in [0.1, 0.15) is 23.2 Å². The monoisotopic (exact) mass is 332 g/mol. The van der Waals surface area contributed by atoms with E-state index in [1.165, 1.54) is 6.20 Å². The highest BCUT2D eigenvalue weighted by Crippen LogP contribution is 2.24. The first-order chi connectivity index (χ1) is 8.67. The highest BCUT2D eigenvalue weighted by molar-refractivity contribution is 9.09. The third-order valence-corrected chi connectivity index (χ3v) is 4.48. The van der Waals surface area contributed by atoms with Crippen molar-refractivity contribution in [2.45, 2.75) is 18.4 Å². The van der Waals surface area contributed by atoms with E-state index >= 15 is 0 Å². The minimum absolute atomic E-state index is 0.163. The van der Waals surface area contributed by atoms with Gasteiger partial charge in [0.25, 0.3) is 5.91 Å². The van der Waals surface area contributed by atoms with Crippen LogP contribution in [-0.4, -0.2) is 35.0 Å². The van der Waals surface area contributed by atoms with E-state index in [0.29, 0.717) is 29.1 Å². The summed E-state index contributed by atoms with van der Waals surface area (Å²) in [5.41, 5.74) is 0.209. The van der Waals surface area contributed by atoms with Gasteiger partial charge in [-0.3, -0.25) is 9.78 Å². The molecule has 2 rings (SSSR count). The Labute approximate surface area is 119 Å². The predicted molar refractivity (Wildman–Crippen MR) is 73.3 cm³/mol. The zero-order valence-electron chi connectivity index (χ0n) is 9.79. The van der Waals surface area contributed by atoms with Gasteiger partial charge >= 0.3 is 0 Å². The number of carbonyl (C=O) groups excluding carboxylic acids is 1. The van der Waals surface area contributed by atoms with Gasteiger partial charge in [-0.05, 0) is 18.9 Å². The molecule has 0 aliphatic carbocycles. The summed E-state index contributed by atoms with van der Waals surface area (Å²) in [6, 6.07) is 1.62. The van der Waals surface area contributed by atoms with Crippen LogP contribution >= 0.6 is 27.5 Å². The number of halogens is 2. The van der Waals surface area contributed by atoms with Crippen LogP contribution < -0.4 is 5.32 Å². The number of nitrogens with zero attached hydrogens (tertiary/aromatic N) is 1. The van der Waals surface area contributed by atoms with Crippen LogP contribution in [0.4, 0.5) is 0 Å². The third kappa shape index (κ3) is 3.02. The number of nitrogens with one attached hydrogen (secondary N) is 1. The second-order valence-corrected chi connectivity index (χ2v) is 5.30. The number of carbonyl (C=O) groups is 1. The number of hydrogen-bond acceptors (Lipinski definition) is 3. The second kappa shape index (κ2) is 5.99. The Morgan fingerprint density at radius 3 is 2.89 bits per heavy atom. The molecule has 0 spiro atoms. The standard InChI is InChI=1S/C12H14BrClN2O2/c13-8-12(2-5-18-6-3-12)16-11(17)9-1-4-15-7-10(9)14/h1,4,7H,2-3,5-6,8H2,(H,16,17). The number of alkyl halides is 1. The number of hydrogen-bond donors (Lipinski definition) is 1. The molecule has 4 nitrogen and oxygen atoms in total. The Hall–Kier alpha value is -0.650. The van der Waals surface area contributed by atoms with E-state index in [9.17, 15) is 4.79 Å². The third-order valence-electron chi connectivity index (χ3n) is 3.10. The lowest BCUT2D eigenvalue weighted by Gasteiger charge is -2.36. The average Bonchev–Trinajstić information content (AvgIpc) is 2.40. The first kappa shape index (κ1) is 13.8. The van der Waals surface area contributed by atoms with E-state index in [4.69, 9.17) is 16.3 Å². The molecule has 0 radical (unpaired) electrons. The molecule has 1 aliphatic heterocycles. The minimum Gasteiger partial charge on any atom is -0.381 e. The van der Waals surface area contributed by atoms with Crippen molar-refractivity contribution in [2.24, 2.45) is 0 Å². The summed E-state index contributed by atoms with van der Waals surface area (Å²) < 4.78 is 5.33. The van der Waals surface area contributed by atoms with Crippen LogP contribution in [0.15, 0.2) is 18.5 Å². The zero-order valence-corrected chi connectivity index (χ0v) is 12.1. The van der Waals surface area contributed by atoms with Gasteiger partial charge in [0, 0.05) is 30.9 Å². The Balaban J connectivity index is 2.13. The normalized spacial score (nSPS) is 18.3. The molecule has 0 saturated carbocycles. The quantitative estimate of drug-likeness (QED) is 0.864. The van der Waals surface area contributed by atoms with E-state index in [1.807, 2.05) is 0 Å². The summed E-state index contributed by atoms with van der Waals surface area (Å²) in [5.74, 6) is -0.163. The highest BCUT2D eigenvalue weighted by Gasteiger charge is 2.33. The van der Waals surface area contributed by atoms with Gasteiger partial charge in [-0.25, -0.2) is 0 Å². The zero-order chi connectivity index (χ0) is 13.0. The van der Waals surface area contributed by atoms with Crippen molar-refractivity contribution >= 4 is 33.4 Å². The smallest absolute Gasteiger partial charge is 0.253 e. The molecule has 2 heterocycles. The van der Waals surface area contributed by atoms with Crippen LogP contribution in [0.3, 0.4) is 0 Å². The lowest BCUT2D eigenvalue weighted by atomic mass is 9.92. The molecule has 98 valence electrons. The topological polar surface area (TPSA) is 51.2 Å². The van der Waals surface area contributed by atoms with E-state index in [1.54, 1.807) is 12.3 Å². The van der Waals surface area contributed by atoms with Crippen LogP contribution in [0.2, 0.25) is 5.02 Å². The Morgan fingerprint density at radius 2 is 2.28 bits per heavy atom. The fourth-order valence-corrected chi connectivity index (χ4v) is 2.83. The van der Waals surface area contributed by atoms with E-state index in [0.717, 1.165) is 12.8 Å². The van der Waals surface area contributed by atoms with E-state index in [2.05, 4.69) is 26.2 Å². The lowest BCUT2D eigenvalue weighted by molar-refractivity contribution is 0.0442. The van der Waals surface area contributed by atoms with E-state index in [-0.39, 0.29) is 11.4 Å². The van der Waals surface area contributed by atoms with Gasteiger partial charge < -0.3 is 10.1 Å². The molecule has 0 unspecified atom stereocenters. The van der Waals surface area contributed by atoms with Crippen molar-refractivity contribution in [3.05, 3.63) is 29.0 Å². The van der Waals surface area contributed by atoms with Crippen molar-refractivity contribution in [2.75, 3.05) is 18.5 Å². The van der Waals surface area contributed by atoms with Gasteiger partial charge in [0.2, 0.25) is 0 Å². The summed E-state index contributed by atoms with van der Waals surface area (Å²) in [7, 11) is 0. The molecule has 0 bridgehead atoms. The fourth-order valence-electron chi connectivity index (χ4n) is 1.92. The maximum absolute atomic E-state index is 12.2. The summed E-state index contributed by atoms with van der Waals surface area (Å²) >= 11 is 9.44. The molecule has 1 aromatic heterocycles. The van der Waals surface area contributed by atoms with Crippen LogP contribution in [0.25, 0.3) is 0 Å². The summed E-state index contributed by atoms with van der Waals surface area (Å²) in [6.07, 6.45) is 4.63. The van der Waals surface area contributed by atoms with Crippen molar-refractivity contribution in [3.8, 4) is 0 Å². The molecule has 1 aliphatic rings. The van der Waals surface area contributed by atoms with Crippen molar-refractivity contribution in [1.29, 1.82) is 0 Å². The Kier molecular flexibility index (Phi) is 4.59. The summed E-state index contributed by atoms with van der Waals surface area (Å²) in [5, 5.41) is 4.13. The van der Waals surface area contributed by atoms with Gasteiger partial charge in [0.05, 0.1) is 16.1 Å². The molecular weight excluding hydrogens is 320 g/mol. The Bertz CT molecular complexity index is 436. The Morgan fingerprint density at radius 1 is 1.56 bits per heavy atom. The van der Waals surface area contributed by atoms with Gasteiger partial charge in [0.15, 0.2) is 0 Å². The van der Waals surface area contributed by atoms with Crippen molar-refractivity contribution in [3.63, 3.8) is 0 Å². The van der Waals surface area contributed by atoms with Crippen LogP contribution in [-0.2, 0) is 4.74 Å². The summed E-state index contributed by atoms with van der Waals surface area (Å²) in [4.78, 5) is 16.1. The summed E-state index contributed by atoms with van der Waals surface area (Å²) in [6.45, 7) is 1.33. The highest BCUT2D eigenvalue weighted by atomic mass is 79.9. The molecule has 1 amide bonds. The molecule has 1 aromatic rings. The molecule has 6 heteroatoms. The first-order valence-electron chi connectivity index (χ1n) is 5.73. The number of aromatic nitrogens is 1. The molecule has 0 atom stereocenters. The number of amides is 1. The maximum Gasteiger partial charge on any atom is 0.253 e. The molecular formula is C12H14BrClN2O2. The lowest BCUT2D eigenvalue weighted by Crippen LogP contribution is -2.53. The van der Waals surface area contributed by atoms with Crippen LogP contribution in [0.5, 0.6) is 0 Å². The molecule has 1 fully saturated rings. The van der Waals surface area contributed by atoms with Gasteiger partial charge in [-0.15, -0.1) is 0 Å². The maximum atomic E-state index is 12.2. The van der Waals surface area contributed by atoms with Gasteiger partial charge in [-0.1, -0.05) is 27.5 Å². The largest absolute Gasteiger partial charge is 0.381 e. The molecule has 1 N–H and O–H groups in total. The van der Waals surface area contributed by atoms with Gasteiger partial charge in [-0.2, -0.15) is 0 Å². The fraction of sp³-hybridized carbons (Fsp3) is 0.500. The van der Waals surface area contributed by atoms with Crippen LogP contribution in [0, 0.1) is 0 Å². The number of ether oxygens (including phenoxy) is 1. The van der Waals surface area contributed by atoms with Crippen molar-refractivity contribution in [1.82, 2.24) is 10.3 Å². The number of rotatable bonds is 3. The van der Waals surface area contributed by atoms with E-state index < -0.39 is 0 Å². The molecule has 0 aromatic carbocycles. The van der Waals surface area contributed by atoms with Crippen molar-refractivity contribution < 1.29 is 9.53 Å². The number of pyridine rings is 1. The molecule has 1 saturated heterocycles. The average molecular weight is 334 g/mol. The van der Waals surface area contributed by atoms with Gasteiger partial charge in [0.1, 0.15) is 0 Å². The molecule has 18 heavy (non-hydrogen) atoms. The second-order valence-electron chi connectivity index (χ2n) is 4.34. The predicted octanol–water partition coefficient (Wildman–Crippen LogP) is 2.41.